The van der Waals surface area contributed by atoms with Crippen molar-refractivity contribution in [2.24, 2.45) is 0 Å². The molecular formula is C70H45F9N4. The molecule has 408 valence electrons. The summed E-state index contributed by atoms with van der Waals surface area (Å²) < 4.78 is 132. The Balaban J connectivity index is 1.19. The van der Waals surface area contributed by atoms with E-state index in [1.807, 2.05) is 83.6 Å². The van der Waals surface area contributed by atoms with Gasteiger partial charge in [0, 0.05) is 27.1 Å². The quantitative estimate of drug-likeness (QED) is 0.149. The van der Waals surface area contributed by atoms with Gasteiger partial charge >= 0.3 is 18.5 Å². The van der Waals surface area contributed by atoms with Crippen molar-refractivity contribution in [2.45, 2.75) is 53.1 Å². The number of alkyl halides is 9. The predicted molar refractivity (Wildman–Crippen MR) is 310 cm³/mol. The summed E-state index contributed by atoms with van der Waals surface area (Å²) in [5.41, 5.74) is 10.3. The molecule has 4 nitrogen and oxygen atoms in total. The lowest BCUT2D eigenvalue weighted by Gasteiger charge is -2.21. The van der Waals surface area contributed by atoms with Gasteiger partial charge in [0.05, 0.1) is 73.4 Å². The van der Waals surface area contributed by atoms with Crippen LogP contribution in [0, 0.1) is 57.3 Å². The highest BCUT2D eigenvalue weighted by Crippen LogP contribution is 2.47. The molecule has 0 N–H and O–H groups in total. The van der Waals surface area contributed by atoms with E-state index in [-0.39, 0.29) is 11.1 Å². The average molecular weight is 1110 g/mol. The number of hydrogen-bond acceptors (Lipinski definition) is 2. The molecule has 12 rings (SSSR count). The first-order valence-electron chi connectivity index (χ1n) is 26.4. The van der Waals surface area contributed by atoms with Crippen molar-refractivity contribution in [2.75, 3.05) is 0 Å². The van der Waals surface area contributed by atoms with Crippen LogP contribution in [0.1, 0.15) is 55.6 Å². The van der Waals surface area contributed by atoms with Crippen LogP contribution in [0.15, 0.2) is 182 Å². The smallest absolute Gasteiger partial charge is 0.308 e. The minimum atomic E-state index is -4.67. The van der Waals surface area contributed by atoms with E-state index >= 15 is 0 Å². The van der Waals surface area contributed by atoms with Crippen LogP contribution in [-0.4, -0.2) is 9.13 Å². The molecule has 12 aromatic rings. The van der Waals surface area contributed by atoms with Crippen LogP contribution in [0.3, 0.4) is 0 Å². The highest BCUT2D eigenvalue weighted by Gasteiger charge is 2.35. The van der Waals surface area contributed by atoms with Crippen molar-refractivity contribution < 1.29 is 39.5 Å². The largest absolute Gasteiger partial charge is 0.417 e. The first-order chi connectivity index (χ1) is 39.5. The van der Waals surface area contributed by atoms with Gasteiger partial charge < -0.3 is 9.13 Å². The molecule has 2 aromatic heterocycles. The molecular weight excluding hydrogens is 1070 g/mol. The van der Waals surface area contributed by atoms with Gasteiger partial charge in [-0.05, 0) is 205 Å². The number of rotatable bonds is 7. The van der Waals surface area contributed by atoms with Crippen molar-refractivity contribution >= 4 is 43.6 Å². The maximum Gasteiger partial charge on any atom is 0.417 e. The zero-order valence-corrected chi connectivity index (χ0v) is 45.0. The van der Waals surface area contributed by atoms with Crippen molar-refractivity contribution in [3.8, 4) is 79.1 Å². The van der Waals surface area contributed by atoms with Gasteiger partial charge in [-0.25, -0.2) is 0 Å². The van der Waals surface area contributed by atoms with Gasteiger partial charge in [-0.15, -0.1) is 0 Å². The number of halogens is 9. The van der Waals surface area contributed by atoms with Crippen LogP contribution in [0.25, 0.3) is 111 Å². The molecule has 0 fully saturated rings. The highest BCUT2D eigenvalue weighted by atomic mass is 19.4. The molecule has 0 atom stereocenters. The SMILES string of the molecule is Cc1ccc(-c2ccc3c(c2)c2cc(-c4ccc(C)cc4C(F)(F)F)ccc2n3-c2cc(C#N)cc(-n3c4ccc(-c5ccc(C(F)(F)F)cc5C)cc4c4cc(-c5ccc(C(F)(F)F)cc5C)ccc43)c2-c2cccc(C#N)c2)c(C)c1. The summed E-state index contributed by atoms with van der Waals surface area (Å²) in [5, 5.41) is 24.1. The summed E-state index contributed by atoms with van der Waals surface area (Å²) in [6, 6.07) is 54.8. The third kappa shape index (κ3) is 9.42. The van der Waals surface area contributed by atoms with E-state index in [0.29, 0.717) is 116 Å². The summed E-state index contributed by atoms with van der Waals surface area (Å²) in [5.74, 6) is 0. The van der Waals surface area contributed by atoms with Crippen LogP contribution in [0.4, 0.5) is 39.5 Å². The van der Waals surface area contributed by atoms with E-state index < -0.39 is 35.2 Å². The van der Waals surface area contributed by atoms with Gasteiger partial charge in [-0.3, -0.25) is 0 Å². The first kappa shape index (κ1) is 53.8. The lowest BCUT2D eigenvalue weighted by atomic mass is 9.95. The minimum absolute atomic E-state index is 0.00107. The molecule has 0 radical (unpaired) electrons. The number of fused-ring (bicyclic) bond motifs is 6. The Hall–Kier alpha value is -9.85. The molecule has 0 bridgehead atoms. The molecule has 0 amide bonds. The van der Waals surface area contributed by atoms with E-state index in [1.165, 1.54) is 18.2 Å². The van der Waals surface area contributed by atoms with E-state index in [9.17, 15) is 50.0 Å². The minimum Gasteiger partial charge on any atom is -0.308 e. The number of hydrogen-bond donors (Lipinski definition) is 0. The maximum atomic E-state index is 14.9. The van der Waals surface area contributed by atoms with Gasteiger partial charge in [-0.2, -0.15) is 50.0 Å². The fourth-order valence-electron chi connectivity index (χ4n) is 11.9. The van der Waals surface area contributed by atoms with Gasteiger partial charge in [-0.1, -0.05) is 90.0 Å². The van der Waals surface area contributed by atoms with Crippen molar-refractivity contribution in [1.82, 2.24) is 9.13 Å². The van der Waals surface area contributed by atoms with E-state index in [4.69, 9.17) is 0 Å². The van der Waals surface area contributed by atoms with Gasteiger partial charge in [0.1, 0.15) is 0 Å². The fraction of sp³-hybridized carbons (Fsp3) is 0.114. The van der Waals surface area contributed by atoms with E-state index in [0.717, 1.165) is 52.6 Å². The number of aromatic nitrogens is 2. The Morgan fingerprint density at radius 3 is 1.11 bits per heavy atom. The molecule has 0 spiro atoms. The molecule has 0 unspecified atom stereocenters. The molecule has 0 saturated carbocycles. The van der Waals surface area contributed by atoms with Crippen LogP contribution in [-0.2, 0) is 18.5 Å². The third-order valence-corrected chi connectivity index (χ3v) is 15.7. The van der Waals surface area contributed by atoms with Gasteiger partial charge in [0.25, 0.3) is 0 Å². The van der Waals surface area contributed by atoms with Crippen molar-refractivity contribution in [3.63, 3.8) is 0 Å². The van der Waals surface area contributed by atoms with Gasteiger partial charge in [0.2, 0.25) is 0 Å². The Morgan fingerprint density at radius 1 is 0.337 bits per heavy atom. The van der Waals surface area contributed by atoms with Crippen molar-refractivity contribution in [3.05, 3.63) is 238 Å². The number of nitrogens with zero attached hydrogens (tertiary/aromatic N) is 4. The van der Waals surface area contributed by atoms with Gasteiger partial charge in [0.15, 0.2) is 0 Å². The zero-order chi connectivity index (χ0) is 58.6. The fourth-order valence-corrected chi connectivity index (χ4v) is 11.9. The molecule has 0 aliphatic carbocycles. The van der Waals surface area contributed by atoms with Crippen LogP contribution < -0.4 is 0 Å². The monoisotopic (exact) mass is 1110 g/mol. The summed E-state index contributed by atoms with van der Waals surface area (Å²) in [7, 11) is 0. The summed E-state index contributed by atoms with van der Waals surface area (Å²) in [6.45, 7) is 8.83. The Morgan fingerprint density at radius 2 is 0.723 bits per heavy atom. The second-order valence-electron chi connectivity index (χ2n) is 21.2. The van der Waals surface area contributed by atoms with Crippen LogP contribution >= 0.6 is 0 Å². The highest BCUT2D eigenvalue weighted by molar-refractivity contribution is 6.14. The second-order valence-corrected chi connectivity index (χ2v) is 21.2. The normalized spacial score (nSPS) is 12.2. The first-order valence-corrected chi connectivity index (χ1v) is 26.4. The van der Waals surface area contributed by atoms with E-state index in [1.54, 1.807) is 87.5 Å². The van der Waals surface area contributed by atoms with E-state index in [2.05, 4.69) is 18.2 Å². The molecule has 83 heavy (non-hydrogen) atoms. The zero-order valence-electron chi connectivity index (χ0n) is 45.0. The maximum absolute atomic E-state index is 14.9. The average Bonchev–Trinajstić information content (AvgIpc) is 4.18. The molecule has 0 aliphatic rings. The molecule has 0 aliphatic heterocycles. The lowest BCUT2D eigenvalue weighted by molar-refractivity contribution is -0.138. The molecule has 0 saturated heterocycles. The third-order valence-electron chi connectivity index (χ3n) is 15.7. The number of nitriles is 2. The van der Waals surface area contributed by atoms with Crippen LogP contribution in [0.5, 0.6) is 0 Å². The van der Waals surface area contributed by atoms with Crippen molar-refractivity contribution in [1.29, 1.82) is 10.5 Å². The lowest BCUT2D eigenvalue weighted by Crippen LogP contribution is -2.07. The summed E-state index contributed by atoms with van der Waals surface area (Å²) in [4.78, 5) is 0. The standard InChI is InChI=1S/C70H45F9N4/c1-38-9-17-52(40(3)25-38)45-11-21-63-58(32-45)59-35-48(55-18-10-39(2)26-60(55)70(77,78)79)14-24-64(59)83(63)66-31-44(37-81)30-65(67(66)49-8-6-7-43(29-49)36-80)82-61-22-12-46(53-19-15-50(27-41(53)4)68(71,72)73)33-56(61)57-34-47(13-23-62(57)82)54-20-16-51(28-42(54)5)69(74,75)76/h6-35H,1-5H3. The second kappa shape index (κ2) is 19.7. The molecule has 13 heteroatoms. The number of aryl methyl sites for hydroxylation is 5. The Labute approximate surface area is 470 Å². The topological polar surface area (TPSA) is 57.4 Å². The number of benzene rings is 10. The Bertz CT molecular complexity index is 4660. The Kier molecular flexibility index (Phi) is 12.8. The summed E-state index contributed by atoms with van der Waals surface area (Å²) >= 11 is 0. The summed E-state index contributed by atoms with van der Waals surface area (Å²) in [6.07, 6.45) is -13.8. The molecule has 2 heterocycles. The predicted octanol–water partition coefficient (Wildman–Crippen LogP) is 20.6. The molecule has 10 aromatic carbocycles. The van der Waals surface area contributed by atoms with Crippen LogP contribution in [0.2, 0.25) is 0 Å².